The molecule has 21 heavy (non-hydrogen) atoms. The van der Waals surface area contributed by atoms with Gasteiger partial charge in [0, 0.05) is 22.6 Å². The molecular weight excluding hydrogens is 256 g/mol. The Hall–Kier alpha value is -1.28. The van der Waals surface area contributed by atoms with Crippen molar-refractivity contribution in [3.05, 3.63) is 35.5 Å². The number of aromatic amines is 1. The highest BCUT2D eigenvalue weighted by Gasteiger charge is 2.22. The molecule has 1 aromatic carbocycles. The van der Waals surface area contributed by atoms with Crippen LogP contribution in [0.15, 0.2) is 24.3 Å². The molecule has 0 saturated heterocycles. The Balaban J connectivity index is 1.61. The summed E-state index contributed by atoms with van der Waals surface area (Å²) >= 11 is 0. The first-order valence-electron chi connectivity index (χ1n) is 8.73. The third-order valence-electron chi connectivity index (χ3n) is 4.81. The van der Waals surface area contributed by atoms with E-state index in [1.165, 1.54) is 61.5 Å². The van der Waals surface area contributed by atoms with E-state index in [2.05, 4.69) is 41.5 Å². The molecule has 0 saturated carbocycles. The van der Waals surface area contributed by atoms with E-state index >= 15 is 0 Å². The second kappa shape index (κ2) is 7.13. The fourth-order valence-electron chi connectivity index (χ4n) is 3.64. The highest BCUT2D eigenvalue weighted by Crippen LogP contribution is 2.32. The van der Waals surface area contributed by atoms with Gasteiger partial charge in [0.25, 0.3) is 0 Å². The SMILES string of the molecule is CCCCCCCC[C@@H]1NCCc2c1[nH]c1ccccc21. The Kier molecular flexibility index (Phi) is 4.97. The molecule has 1 aliphatic heterocycles. The summed E-state index contributed by atoms with van der Waals surface area (Å²) in [5.74, 6) is 0. The van der Waals surface area contributed by atoms with Gasteiger partial charge in [0.1, 0.15) is 0 Å². The maximum atomic E-state index is 3.71. The molecule has 0 amide bonds. The van der Waals surface area contributed by atoms with Crippen LogP contribution in [0.4, 0.5) is 0 Å². The van der Waals surface area contributed by atoms with Crippen LogP contribution in [-0.4, -0.2) is 11.5 Å². The Morgan fingerprint density at radius 2 is 1.86 bits per heavy atom. The molecule has 2 N–H and O–H groups in total. The minimum Gasteiger partial charge on any atom is -0.357 e. The third kappa shape index (κ3) is 3.32. The summed E-state index contributed by atoms with van der Waals surface area (Å²) in [6.07, 6.45) is 10.7. The molecule has 0 radical (unpaired) electrons. The number of aromatic nitrogens is 1. The second-order valence-corrected chi connectivity index (χ2v) is 6.38. The summed E-state index contributed by atoms with van der Waals surface area (Å²) in [6.45, 7) is 3.40. The molecular formula is C19H28N2. The molecule has 1 aliphatic rings. The van der Waals surface area contributed by atoms with Crippen molar-refractivity contribution in [2.75, 3.05) is 6.54 Å². The van der Waals surface area contributed by atoms with Crippen molar-refractivity contribution >= 4 is 10.9 Å². The van der Waals surface area contributed by atoms with Gasteiger partial charge in [-0.15, -0.1) is 0 Å². The summed E-state index contributed by atoms with van der Waals surface area (Å²) in [4.78, 5) is 3.66. The van der Waals surface area contributed by atoms with Crippen LogP contribution < -0.4 is 5.32 Å². The van der Waals surface area contributed by atoms with Crippen LogP contribution in [0.1, 0.15) is 69.2 Å². The normalized spacial score (nSPS) is 18.0. The first-order chi connectivity index (χ1) is 10.4. The third-order valence-corrected chi connectivity index (χ3v) is 4.81. The van der Waals surface area contributed by atoms with E-state index < -0.39 is 0 Å². The number of fused-ring (bicyclic) bond motifs is 3. The van der Waals surface area contributed by atoms with E-state index in [-0.39, 0.29) is 0 Å². The largest absolute Gasteiger partial charge is 0.357 e. The van der Waals surface area contributed by atoms with E-state index in [0.717, 1.165) is 13.0 Å². The van der Waals surface area contributed by atoms with Crippen molar-refractivity contribution in [3.8, 4) is 0 Å². The lowest BCUT2D eigenvalue weighted by molar-refractivity contribution is 0.443. The number of nitrogens with one attached hydrogen (secondary N) is 2. The smallest absolute Gasteiger partial charge is 0.0476 e. The monoisotopic (exact) mass is 284 g/mol. The maximum Gasteiger partial charge on any atom is 0.0476 e. The van der Waals surface area contributed by atoms with Crippen molar-refractivity contribution in [2.45, 2.75) is 64.3 Å². The van der Waals surface area contributed by atoms with Gasteiger partial charge in [-0.3, -0.25) is 0 Å². The van der Waals surface area contributed by atoms with Gasteiger partial charge in [-0.2, -0.15) is 0 Å². The summed E-state index contributed by atoms with van der Waals surface area (Å²) < 4.78 is 0. The molecule has 1 atom stereocenters. The van der Waals surface area contributed by atoms with E-state index in [0.29, 0.717) is 6.04 Å². The minimum absolute atomic E-state index is 0.535. The standard InChI is InChI=1S/C19H28N2/c1-2-3-4-5-6-7-12-18-19-16(13-14-20-18)15-10-8-9-11-17(15)21-19/h8-11,18,20-21H,2-7,12-14H2,1H3/t18-/m0/s1. The second-order valence-electron chi connectivity index (χ2n) is 6.38. The predicted molar refractivity (Wildman–Crippen MR) is 90.7 cm³/mol. The summed E-state index contributed by atoms with van der Waals surface area (Å²) in [7, 11) is 0. The highest BCUT2D eigenvalue weighted by atomic mass is 15.0. The van der Waals surface area contributed by atoms with Crippen LogP contribution in [0.2, 0.25) is 0 Å². The van der Waals surface area contributed by atoms with Gasteiger partial charge >= 0.3 is 0 Å². The van der Waals surface area contributed by atoms with Gasteiger partial charge in [-0.25, -0.2) is 0 Å². The zero-order valence-corrected chi connectivity index (χ0v) is 13.3. The molecule has 0 unspecified atom stereocenters. The summed E-state index contributed by atoms with van der Waals surface area (Å²) in [5, 5.41) is 5.14. The Morgan fingerprint density at radius 3 is 2.76 bits per heavy atom. The highest BCUT2D eigenvalue weighted by molar-refractivity contribution is 5.85. The molecule has 0 bridgehead atoms. The first-order valence-corrected chi connectivity index (χ1v) is 8.73. The van der Waals surface area contributed by atoms with Crippen LogP contribution in [0.5, 0.6) is 0 Å². The van der Waals surface area contributed by atoms with Crippen LogP contribution in [-0.2, 0) is 6.42 Å². The van der Waals surface area contributed by atoms with Gasteiger partial charge in [0.05, 0.1) is 0 Å². The van der Waals surface area contributed by atoms with E-state index in [9.17, 15) is 0 Å². The predicted octanol–water partition coefficient (Wildman–Crippen LogP) is 5.11. The molecule has 2 aromatic rings. The lowest BCUT2D eigenvalue weighted by Gasteiger charge is -2.24. The number of unbranched alkanes of at least 4 members (excludes halogenated alkanes) is 5. The van der Waals surface area contributed by atoms with Crippen LogP contribution in [0.3, 0.4) is 0 Å². The molecule has 114 valence electrons. The zero-order chi connectivity index (χ0) is 14.5. The van der Waals surface area contributed by atoms with E-state index in [4.69, 9.17) is 0 Å². The van der Waals surface area contributed by atoms with Crippen LogP contribution in [0, 0.1) is 0 Å². The van der Waals surface area contributed by atoms with E-state index in [1.54, 1.807) is 5.56 Å². The summed E-state index contributed by atoms with van der Waals surface area (Å²) in [5.41, 5.74) is 4.32. The lowest BCUT2D eigenvalue weighted by Crippen LogP contribution is -2.29. The van der Waals surface area contributed by atoms with Gasteiger partial charge in [-0.1, -0.05) is 63.6 Å². The molecule has 0 spiro atoms. The summed E-state index contributed by atoms with van der Waals surface area (Å²) in [6, 6.07) is 9.28. The number of rotatable bonds is 7. The molecule has 2 heterocycles. The number of hydrogen-bond acceptors (Lipinski definition) is 1. The molecule has 0 fully saturated rings. The van der Waals surface area contributed by atoms with Gasteiger partial charge in [0.2, 0.25) is 0 Å². The fraction of sp³-hybridized carbons (Fsp3) is 0.579. The number of para-hydroxylation sites is 1. The van der Waals surface area contributed by atoms with Crippen molar-refractivity contribution in [1.82, 2.24) is 10.3 Å². The van der Waals surface area contributed by atoms with Gasteiger partial charge in [-0.05, 0) is 31.0 Å². The van der Waals surface area contributed by atoms with Crippen molar-refractivity contribution in [1.29, 1.82) is 0 Å². The molecule has 0 aliphatic carbocycles. The lowest BCUT2D eigenvalue weighted by atomic mass is 9.95. The maximum absolute atomic E-state index is 3.71. The number of benzene rings is 1. The minimum atomic E-state index is 0.535. The zero-order valence-electron chi connectivity index (χ0n) is 13.3. The van der Waals surface area contributed by atoms with Crippen LogP contribution in [0.25, 0.3) is 10.9 Å². The van der Waals surface area contributed by atoms with Gasteiger partial charge < -0.3 is 10.3 Å². The van der Waals surface area contributed by atoms with Crippen molar-refractivity contribution < 1.29 is 0 Å². The first kappa shape index (κ1) is 14.6. The topological polar surface area (TPSA) is 27.8 Å². The van der Waals surface area contributed by atoms with Gasteiger partial charge in [0.15, 0.2) is 0 Å². The van der Waals surface area contributed by atoms with Crippen molar-refractivity contribution in [2.24, 2.45) is 0 Å². The molecule has 2 heteroatoms. The average Bonchev–Trinajstić information content (AvgIpc) is 2.90. The van der Waals surface area contributed by atoms with E-state index in [1.807, 2.05) is 0 Å². The Labute approximate surface area is 128 Å². The number of hydrogen-bond donors (Lipinski definition) is 2. The van der Waals surface area contributed by atoms with Crippen LogP contribution >= 0.6 is 0 Å². The quantitative estimate of drug-likeness (QED) is 0.680. The number of H-pyrrole nitrogens is 1. The molecule has 2 nitrogen and oxygen atoms in total. The Bertz CT molecular complexity index is 570. The molecule has 1 aromatic heterocycles. The fourth-order valence-corrected chi connectivity index (χ4v) is 3.64. The average molecular weight is 284 g/mol. The molecule has 3 rings (SSSR count). The van der Waals surface area contributed by atoms with Crippen molar-refractivity contribution in [3.63, 3.8) is 0 Å². The Morgan fingerprint density at radius 1 is 1.05 bits per heavy atom.